The normalized spacial score (nSPS) is 21.3. The molecular weight excluding hydrogens is 325 g/mol. The Kier molecular flexibility index (Phi) is 4.04. The number of rotatable bonds is 4. The van der Waals surface area contributed by atoms with Gasteiger partial charge in [-0.2, -0.15) is 0 Å². The predicted molar refractivity (Wildman–Crippen MR) is 70.7 cm³/mol. The Morgan fingerprint density at radius 1 is 1.38 bits per heavy atom. The number of nitrogens with one attached hydrogen (secondary N) is 1. The Morgan fingerprint density at radius 3 is 2.57 bits per heavy atom. The highest BCUT2D eigenvalue weighted by molar-refractivity contribution is 7.92. The zero-order valence-electron chi connectivity index (χ0n) is 10.6. The molecular formula is C11H12FNO6S2. The van der Waals surface area contributed by atoms with Crippen LogP contribution < -0.4 is 4.72 Å². The van der Waals surface area contributed by atoms with Crippen LogP contribution >= 0.6 is 0 Å². The van der Waals surface area contributed by atoms with Crippen LogP contribution in [0, 0.1) is 5.82 Å². The van der Waals surface area contributed by atoms with Crippen LogP contribution in [-0.4, -0.2) is 45.5 Å². The van der Waals surface area contributed by atoms with E-state index in [0.717, 1.165) is 12.1 Å². The molecule has 10 heteroatoms. The van der Waals surface area contributed by atoms with Gasteiger partial charge in [0.1, 0.15) is 5.82 Å². The van der Waals surface area contributed by atoms with E-state index in [1.807, 2.05) is 0 Å². The van der Waals surface area contributed by atoms with Crippen LogP contribution in [0.2, 0.25) is 0 Å². The number of carbonyl (C=O) groups is 1. The van der Waals surface area contributed by atoms with Crippen LogP contribution in [-0.2, 0) is 19.9 Å². The number of sulfonamides is 1. The smallest absolute Gasteiger partial charge is 0.338 e. The number of sulfone groups is 1. The van der Waals surface area contributed by atoms with Crippen molar-refractivity contribution in [3.63, 3.8) is 0 Å². The second-order valence-electron chi connectivity index (χ2n) is 4.67. The molecule has 1 aromatic rings. The van der Waals surface area contributed by atoms with Crippen molar-refractivity contribution in [2.45, 2.75) is 17.4 Å². The molecule has 0 aromatic heterocycles. The average molecular weight is 337 g/mol. The molecule has 116 valence electrons. The van der Waals surface area contributed by atoms with E-state index in [0.29, 0.717) is 6.07 Å². The predicted octanol–water partition coefficient (Wildman–Crippen LogP) is -0.0107. The summed E-state index contributed by atoms with van der Waals surface area (Å²) < 4.78 is 62.1. The van der Waals surface area contributed by atoms with Crippen molar-refractivity contribution in [2.24, 2.45) is 0 Å². The maximum Gasteiger partial charge on any atom is 0.338 e. The summed E-state index contributed by atoms with van der Waals surface area (Å²) in [6.45, 7) is 0. The Bertz CT molecular complexity index is 787. The topological polar surface area (TPSA) is 118 Å². The number of aromatic carboxylic acids is 1. The molecule has 1 atom stereocenters. The van der Waals surface area contributed by atoms with Crippen LogP contribution in [0.3, 0.4) is 0 Å². The summed E-state index contributed by atoms with van der Waals surface area (Å²) in [6, 6.07) is 1.60. The SMILES string of the molecule is O=C(O)c1cc(S(=O)(=O)NC2CCS(=O)(=O)C2)ccc1F. The number of carboxylic acid groups (broad SMARTS) is 1. The van der Waals surface area contributed by atoms with Gasteiger partial charge in [0.25, 0.3) is 0 Å². The van der Waals surface area contributed by atoms with E-state index in [1.54, 1.807) is 0 Å². The zero-order chi connectivity index (χ0) is 15.8. The Morgan fingerprint density at radius 2 is 2.05 bits per heavy atom. The lowest BCUT2D eigenvalue weighted by atomic mass is 10.2. The summed E-state index contributed by atoms with van der Waals surface area (Å²) in [5.74, 6) is -3.05. The third kappa shape index (κ3) is 3.57. The lowest BCUT2D eigenvalue weighted by Crippen LogP contribution is -2.35. The van der Waals surface area contributed by atoms with Crippen molar-refractivity contribution in [3.05, 3.63) is 29.6 Å². The Balaban J connectivity index is 2.28. The number of benzene rings is 1. The fourth-order valence-corrected chi connectivity index (χ4v) is 5.09. The Hall–Kier alpha value is -1.52. The summed E-state index contributed by atoms with van der Waals surface area (Å²) in [7, 11) is -7.37. The van der Waals surface area contributed by atoms with E-state index < -0.39 is 48.1 Å². The highest BCUT2D eigenvalue weighted by Crippen LogP contribution is 2.18. The Labute approximate surface area is 120 Å². The van der Waals surface area contributed by atoms with Gasteiger partial charge in [-0.15, -0.1) is 0 Å². The first-order valence-electron chi connectivity index (χ1n) is 5.86. The first kappa shape index (κ1) is 15.9. The van der Waals surface area contributed by atoms with E-state index in [9.17, 15) is 26.0 Å². The second kappa shape index (κ2) is 5.35. The molecule has 1 aliphatic heterocycles. The van der Waals surface area contributed by atoms with Crippen molar-refractivity contribution in [3.8, 4) is 0 Å². The fraction of sp³-hybridized carbons (Fsp3) is 0.364. The van der Waals surface area contributed by atoms with E-state index in [-0.39, 0.29) is 17.9 Å². The minimum Gasteiger partial charge on any atom is -0.478 e. The molecule has 1 unspecified atom stereocenters. The number of hydrogen-bond acceptors (Lipinski definition) is 5. The zero-order valence-corrected chi connectivity index (χ0v) is 12.2. The molecule has 1 aromatic carbocycles. The monoisotopic (exact) mass is 337 g/mol. The first-order chi connectivity index (χ1) is 9.61. The van der Waals surface area contributed by atoms with Gasteiger partial charge in [-0.05, 0) is 24.6 Å². The van der Waals surface area contributed by atoms with Gasteiger partial charge in [0, 0.05) is 6.04 Å². The minimum absolute atomic E-state index is 0.107. The van der Waals surface area contributed by atoms with E-state index in [2.05, 4.69) is 4.72 Å². The molecule has 1 fully saturated rings. The van der Waals surface area contributed by atoms with E-state index in [1.165, 1.54) is 0 Å². The average Bonchev–Trinajstić information content (AvgIpc) is 2.67. The van der Waals surface area contributed by atoms with Gasteiger partial charge in [-0.1, -0.05) is 0 Å². The first-order valence-corrected chi connectivity index (χ1v) is 9.17. The summed E-state index contributed by atoms with van der Waals surface area (Å²) >= 11 is 0. The molecule has 0 saturated carbocycles. The van der Waals surface area contributed by atoms with Crippen LogP contribution in [0.5, 0.6) is 0 Å². The lowest BCUT2D eigenvalue weighted by Gasteiger charge is -2.12. The van der Waals surface area contributed by atoms with Crippen molar-refractivity contribution in [1.29, 1.82) is 0 Å². The molecule has 2 N–H and O–H groups in total. The van der Waals surface area contributed by atoms with Gasteiger partial charge in [0.15, 0.2) is 9.84 Å². The minimum atomic E-state index is -4.11. The molecule has 21 heavy (non-hydrogen) atoms. The van der Waals surface area contributed by atoms with Crippen LogP contribution in [0.15, 0.2) is 23.1 Å². The molecule has 2 rings (SSSR count). The molecule has 0 bridgehead atoms. The lowest BCUT2D eigenvalue weighted by molar-refractivity contribution is 0.0691. The molecule has 1 aliphatic rings. The summed E-state index contributed by atoms with van der Waals surface area (Å²) in [4.78, 5) is 10.4. The maximum absolute atomic E-state index is 13.2. The number of halogens is 1. The van der Waals surface area contributed by atoms with Crippen LogP contribution in [0.4, 0.5) is 4.39 Å². The van der Waals surface area contributed by atoms with Crippen molar-refractivity contribution >= 4 is 25.8 Å². The standard InChI is InChI=1S/C11H12FNO6S2/c12-10-2-1-8(5-9(10)11(14)15)21(18,19)13-7-3-4-20(16,17)6-7/h1-2,5,7,13H,3-4,6H2,(H,14,15). The summed E-state index contributed by atoms with van der Waals surface area (Å²) in [6.07, 6.45) is 0.147. The van der Waals surface area contributed by atoms with Gasteiger partial charge in [0.05, 0.1) is 22.0 Å². The van der Waals surface area contributed by atoms with E-state index in [4.69, 9.17) is 5.11 Å². The van der Waals surface area contributed by atoms with Gasteiger partial charge < -0.3 is 5.11 Å². The highest BCUT2D eigenvalue weighted by Gasteiger charge is 2.31. The van der Waals surface area contributed by atoms with Crippen molar-refractivity contribution < 1.29 is 31.1 Å². The molecule has 1 heterocycles. The molecule has 0 aliphatic carbocycles. The van der Waals surface area contributed by atoms with E-state index >= 15 is 0 Å². The third-order valence-corrected chi connectivity index (χ3v) is 6.32. The second-order valence-corrected chi connectivity index (χ2v) is 8.61. The molecule has 0 spiro atoms. The molecule has 0 amide bonds. The van der Waals surface area contributed by atoms with Crippen molar-refractivity contribution in [2.75, 3.05) is 11.5 Å². The van der Waals surface area contributed by atoms with Crippen LogP contribution in [0.1, 0.15) is 16.8 Å². The van der Waals surface area contributed by atoms with Crippen LogP contribution in [0.25, 0.3) is 0 Å². The van der Waals surface area contributed by atoms with Gasteiger partial charge in [-0.25, -0.2) is 30.7 Å². The van der Waals surface area contributed by atoms with Crippen molar-refractivity contribution in [1.82, 2.24) is 4.72 Å². The number of hydrogen-bond donors (Lipinski definition) is 2. The largest absolute Gasteiger partial charge is 0.478 e. The van der Waals surface area contributed by atoms with Gasteiger partial charge in [-0.3, -0.25) is 0 Å². The van der Waals surface area contributed by atoms with Gasteiger partial charge >= 0.3 is 5.97 Å². The number of carboxylic acids is 1. The third-order valence-electron chi connectivity index (χ3n) is 3.03. The molecule has 7 nitrogen and oxygen atoms in total. The summed E-state index contributed by atoms with van der Waals surface area (Å²) in [5, 5.41) is 8.77. The molecule has 0 radical (unpaired) electrons. The fourth-order valence-electron chi connectivity index (χ4n) is 2.01. The highest BCUT2D eigenvalue weighted by atomic mass is 32.2. The molecule has 1 saturated heterocycles. The summed E-state index contributed by atoms with van der Waals surface area (Å²) in [5.41, 5.74) is -0.767. The van der Waals surface area contributed by atoms with Gasteiger partial charge in [0.2, 0.25) is 10.0 Å². The quantitative estimate of drug-likeness (QED) is 0.798. The maximum atomic E-state index is 13.2.